The zero-order valence-electron chi connectivity index (χ0n) is 11.7. The number of nitrogens with zero attached hydrogens (tertiary/aromatic N) is 2. The zero-order valence-corrected chi connectivity index (χ0v) is 13.3. The molecule has 0 fully saturated rings. The van der Waals surface area contributed by atoms with Gasteiger partial charge in [-0.15, -0.1) is 0 Å². The molecule has 7 heteroatoms. The zero-order chi connectivity index (χ0) is 15.2. The molecule has 112 valence electrons. The molecule has 0 aliphatic rings. The average molecular weight is 356 g/mol. The van der Waals surface area contributed by atoms with Crippen LogP contribution in [0, 0.1) is 5.82 Å². The number of aromatic nitrogens is 2. The smallest absolute Gasteiger partial charge is 0.268 e. The number of rotatable bonds is 6. The predicted molar refractivity (Wildman–Crippen MR) is 81.5 cm³/mol. The molecule has 1 N–H and O–H groups in total. The molecule has 5 nitrogen and oxygen atoms in total. The highest BCUT2D eigenvalue weighted by Crippen LogP contribution is 2.34. The molecule has 2 rings (SSSR count). The van der Waals surface area contributed by atoms with Gasteiger partial charge in [-0.1, -0.05) is 6.92 Å². The van der Waals surface area contributed by atoms with Gasteiger partial charge in [0, 0.05) is 12.6 Å². The van der Waals surface area contributed by atoms with Crippen molar-refractivity contribution in [2.24, 2.45) is 0 Å². The highest BCUT2D eigenvalue weighted by molar-refractivity contribution is 9.10. The van der Waals surface area contributed by atoms with Crippen LogP contribution in [0.15, 0.2) is 29.0 Å². The lowest BCUT2D eigenvalue weighted by atomic mass is 10.3. The van der Waals surface area contributed by atoms with E-state index in [0.29, 0.717) is 21.8 Å². The van der Waals surface area contributed by atoms with Crippen molar-refractivity contribution < 1.29 is 13.9 Å². The van der Waals surface area contributed by atoms with Crippen molar-refractivity contribution in [1.29, 1.82) is 0 Å². The molecule has 0 amide bonds. The average Bonchev–Trinajstić information content (AvgIpc) is 2.49. The largest absolute Gasteiger partial charge is 0.489 e. The molecule has 1 aromatic carbocycles. The molecule has 0 saturated heterocycles. The SMILES string of the molecule is CCCNc1ncnc(Oc2ccc(Br)c(F)c2)c1OC. The Morgan fingerprint density at radius 3 is 2.81 bits per heavy atom. The maximum Gasteiger partial charge on any atom is 0.268 e. The van der Waals surface area contributed by atoms with Gasteiger partial charge in [0.15, 0.2) is 5.82 Å². The molecule has 21 heavy (non-hydrogen) atoms. The number of ether oxygens (including phenoxy) is 2. The quantitative estimate of drug-likeness (QED) is 0.848. The van der Waals surface area contributed by atoms with Gasteiger partial charge in [-0.2, -0.15) is 4.98 Å². The Labute approximate surface area is 130 Å². The van der Waals surface area contributed by atoms with E-state index >= 15 is 0 Å². The van der Waals surface area contributed by atoms with Crippen molar-refractivity contribution >= 4 is 21.7 Å². The molecule has 0 aliphatic heterocycles. The van der Waals surface area contributed by atoms with Gasteiger partial charge >= 0.3 is 0 Å². The molecule has 1 aromatic heterocycles. The summed E-state index contributed by atoms with van der Waals surface area (Å²) in [5.74, 6) is 1.07. The lowest BCUT2D eigenvalue weighted by Crippen LogP contribution is -2.05. The molecular formula is C14H15BrFN3O2. The lowest BCUT2D eigenvalue weighted by Gasteiger charge is -2.13. The third-order valence-electron chi connectivity index (χ3n) is 2.62. The Bertz CT molecular complexity index is 625. The maximum absolute atomic E-state index is 13.5. The second kappa shape index (κ2) is 7.21. The molecule has 0 bridgehead atoms. The van der Waals surface area contributed by atoms with E-state index < -0.39 is 5.82 Å². The van der Waals surface area contributed by atoms with E-state index in [1.54, 1.807) is 12.1 Å². The summed E-state index contributed by atoms with van der Waals surface area (Å²) in [6, 6.07) is 4.47. The van der Waals surface area contributed by atoms with E-state index in [-0.39, 0.29) is 5.88 Å². The standard InChI is InChI=1S/C14H15BrFN3O2/c1-3-6-17-13-12(20-2)14(19-8-18-13)21-9-4-5-10(15)11(16)7-9/h4-5,7-8H,3,6H2,1-2H3,(H,17,18,19). The third kappa shape index (κ3) is 3.81. The Kier molecular flexibility index (Phi) is 5.32. The fourth-order valence-corrected chi connectivity index (χ4v) is 1.88. The topological polar surface area (TPSA) is 56.3 Å². The van der Waals surface area contributed by atoms with Crippen LogP contribution in [-0.4, -0.2) is 23.6 Å². The summed E-state index contributed by atoms with van der Waals surface area (Å²) in [7, 11) is 1.50. The molecule has 0 spiro atoms. The minimum atomic E-state index is -0.412. The number of hydrogen-bond acceptors (Lipinski definition) is 5. The van der Waals surface area contributed by atoms with Gasteiger partial charge in [0.25, 0.3) is 5.88 Å². The summed E-state index contributed by atoms with van der Waals surface area (Å²) in [4.78, 5) is 8.15. The Morgan fingerprint density at radius 1 is 1.33 bits per heavy atom. The highest BCUT2D eigenvalue weighted by atomic mass is 79.9. The van der Waals surface area contributed by atoms with Crippen LogP contribution in [0.4, 0.5) is 10.2 Å². The van der Waals surface area contributed by atoms with E-state index in [1.165, 1.54) is 19.5 Å². The van der Waals surface area contributed by atoms with Crippen molar-refractivity contribution in [1.82, 2.24) is 9.97 Å². The first kappa shape index (κ1) is 15.5. The number of halogens is 2. The monoisotopic (exact) mass is 355 g/mol. The minimum Gasteiger partial charge on any atom is -0.489 e. The Morgan fingerprint density at radius 2 is 2.14 bits per heavy atom. The van der Waals surface area contributed by atoms with Crippen LogP contribution >= 0.6 is 15.9 Å². The van der Waals surface area contributed by atoms with E-state index in [9.17, 15) is 4.39 Å². The van der Waals surface area contributed by atoms with Gasteiger partial charge in [0.1, 0.15) is 17.9 Å². The van der Waals surface area contributed by atoms with Gasteiger partial charge in [-0.25, -0.2) is 9.37 Å². The van der Waals surface area contributed by atoms with Gasteiger partial charge in [-0.05, 0) is 34.5 Å². The van der Waals surface area contributed by atoms with E-state index in [2.05, 4.69) is 31.2 Å². The van der Waals surface area contributed by atoms with Gasteiger partial charge in [0.05, 0.1) is 11.6 Å². The van der Waals surface area contributed by atoms with Gasteiger partial charge < -0.3 is 14.8 Å². The Hall–Kier alpha value is -1.89. The predicted octanol–water partition coefficient (Wildman–Crippen LogP) is 4.00. The van der Waals surface area contributed by atoms with Crippen LogP contribution in [0.5, 0.6) is 17.4 Å². The number of nitrogens with one attached hydrogen (secondary N) is 1. The molecule has 0 atom stereocenters. The highest BCUT2D eigenvalue weighted by Gasteiger charge is 2.14. The van der Waals surface area contributed by atoms with E-state index in [4.69, 9.17) is 9.47 Å². The second-order valence-corrected chi connectivity index (χ2v) is 5.02. The maximum atomic E-state index is 13.5. The molecule has 0 unspecified atom stereocenters. The summed E-state index contributed by atoms with van der Waals surface area (Å²) in [5, 5.41) is 3.12. The third-order valence-corrected chi connectivity index (χ3v) is 3.27. The number of hydrogen-bond donors (Lipinski definition) is 1. The van der Waals surface area contributed by atoms with Crippen LogP contribution in [0.3, 0.4) is 0 Å². The first-order chi connectivity index (χ1) is 10.2. The first-order valence-electron chi connectivity index (χ1n) is 6.41. The molecule has 2 aromatic rings. The molecule has 1 heterocycles. The van der Waals surface area contributed by atoms with Crippen molar-refractivity contribution in [3.05, 3.63) is 34.8 Å². The van der Waals surface area contributed by atoms with Crippen molar-refractivity contribution in [2.75, 3.05) is 19.0 Å². The van der Waals surface area contributed by atoms with Crippen LogP contribution in [0.1, 0.15) is 13.3 Å². The van der Waals surface area contributed by atoms with Crippen LogP contribution < -0.4 is 14.8 Å². The van der Waals surface area contributed by atoms with Gasteiger partial charge in [0.2, 0.25) is 5.75 Å². The van der Waals surface area contributed by atoms with Crippen LogP contribution in [-0.2, 0) is 0 Å². The second-order valence-electron chi connectivity index (χ2n) is 4.17. The van der Waals surface area contributed by atoms with Crippen molar-refractivity contribution in [3.63, 3.8) is 0 Å². The van der Waals surface area contributed by atoms with Crippen molar-refractivity contribution in [3.8, 4) is 17.4 Å². The molecule has 0 aliphatic carbocycles. The van der Waals surface area contributed by atoms with Crippen LogP contribution in [0.2, 0.25) is 0 Å². The fraction of sp³-hybridized carbons (Fsp3) is 0.286. The molecule has 0 saturated carbocycles. The first-order valence-corrected chi connectivity index (χ1v) is 7.20. The van der Waals surface area contributed by atoms with Crippen molar-refractivity contribution in [2.45, 2.75) is 13.3 Å². The summed E-state index contributed by atoms with van der Waals surface area (Å²) in [5.41, 5.74) is 0. The number of methoxy groups -OCH3 is 1. The normalized spacial score (nSPS) is 10.3. The summed E-state index contributed by atoms with van der Waals surface area (Å²) in [6.07, 6.45) is 2.31. The van der Waals surface area contributed by atoms with Gasteiger partial charge in [-0.3, -0.25) is 0 Å². The molecule has 0 radical (unpaired) electrons. The number of benzene rings is 1. The summed E-state index contributed by atoms with van der Waals surface area (Å²) in [6.45, 7) is 2.79. The van der Waals surface area contributed by atoms with E-state index in [0.717, 1.165) is 13.0 Å². The summed E-state index contributed by atoms with van der Waals surface area (Å²) < 4.78 is 24.7. The summed E-state index contributed by atoms with van der Waals surface area (Å²) >= 11 is 3.09. The Balaban J connectivity index is 2.28. The number of anilines is 1. The minimum absolute atomic E-state index is 0.229. The van der Waals surface area contributed by atoms with E-state index in [1.807, 2.05) is 6.92 Å². The van der Waals surface area contributed by atoms with Crippen LogP contribution in [0.25, 0.3) is 0 Å². The lowest BCUT2D eigenvalue weighted by molar-refractivity contribution is 0.368. The molecular weight excluding hydrogens is 341 g/mol. The fourth-order valence-electron chi connectivity index (χ4n) is 1.64.